The van der Waals surface area contributed by atoms with Crippen molar-refractivity contribution in [3.8, 4) is 0 Å². The molecule has 3 aromatic rings. The zero-order chi connectivity index (χ0) is 13.7. The van der Waals surface area contributed by atoms with Crippen LogP contribution in [0.2, 0.25) is 0 Å². The minimum Gasteiger partial charge on any atom is -0.375 e. The van der Waals surface area contributed by atoms with E-state index in [1.165, 1.54) is 11.6 Å². The first-order valence-electron chi connectivity index (χ1n) is 6.40. The van der Waals surface area contributed by atoms with Gasteiger partial charge in [-0.1, -0.05) is 18.2 Å². The van der Waals surface area contributed by atoms with Gasteiger partial charge in [-0.15, -0.1) is 0 Å². The zero-order valence-corrected chi connectivity index (χ0v) is 10.5. The van der Waals surface area contributed by atoms with Crippen molar-refractivity contribution in [1.29, 1.82) is 0 Å². The van der Waals surface area contributed by atoms with Crippen molar-refractivity contribution < 1.29 is 8.78 Å². The van der Waals surface area contributed by atoms with E-state index >= 15 is 0 Å². The molecule has 5 heteroatoms. The monoisotopic (exact) mass is 271 g/mol. The van der Waals surface area contributed by atoms with Crippen molar-refractivity contribution in [2.45, 2.75) is 12.5 Å². The fourth-order valence-corrected chi connectivity index (χ4v) is 2.66. The second-order valence-corrected chi connectivity index (χ2v) is 4.94. The van der Waals surface area contributed by atoms with Crippen LogP contribution in [0.3, 0.4) is 0 Å². The summed E-state index contributed by atoms with van der Waals surface area (Å²) < 4.78 is 26.9. The minimum atomic E-state index is -0.902. The number of H-pyrrole nitrogens is 1. The van der Waals surface area contributed by atoms with Gasteiger partial charge in [-0.3, -0.25) is 0 Å². The van der Waals surface area contributed by atoms with Crippen LogP contribution >= 0.6 is 0 Å². The topological polar surface area (TPSA) is 40.7 Å². The summed E-state index contributed by atoms with van der Waals surface area (Å²) in [4.78, 5) is 7.27. The van der Waals surface area contributed by atoms with Gasteiger partial charge in [0.1, 0.15) is 11.3 Å². The Bertz CT molecular complexity index is 785. The third-order valence-electron chi connectivity index (χ3n) is 3.67. The Morgan fingerprint density at radius 3 is 2.80 bits per heavy atom. The van der Waals surface area contributed by atoms with Crippen LogP contribution < -0.4 is 5.32 Å². The largest absolute Gasteiger partial charge is 0.375 e. The van der Waals surface area contributed by atoms with Gasteiger partial charge in [0.15, 0.2) is 11.6 Å². The van der Waals surface area contributed by atoms with Crippen molar-refractivity contribution in [3.05, 3.63) is 59.4 Å². The fraction of sp³-hybridized carbons (Fsp3) is 0.133. The lowest BCUT2D eigenvalue weighted by Crippen LogP contribution is -2.07. The van der Waals surface area contributed by atoms with E-state index in [1.54, 1.807) is 0 Å². The molecule has 0 saturated carbocycles. The van der Waals surface area contributed by atoms with Crippen molar-refractivity contribution in [1.82, 2.24) is 9.97 Å². The molecule has 1 aliphatic heterocycles. The number of halogens is 2. The van der Waals surface area contributed by atoms with E-state index < -0.39 is 11.6 Å². The van der Waals surface area contributed by atoms with Gasteiger partial charge in [0.25, 0.3) is 0 Å². The van der Waals surface area contributed by atoms with Crippen molar-refractivity contribution in [2.24, 2.45) is 0 Å². The lowest BCUT2D eigenvalue weighted by atomic mass is 10.1. The number of hydrogen-bond donors (Lipinski definition) is 2. The van der Waals surface area contributed by atoms with Crippen molar-refractivity contribution in [2.75, 3.05) is 5.32 Å². The zero-order valence-electron chi connectivity index (χ0n) is 10.5. The molecule has 0 saturated heterocycles. The maximum atomic E-state index is 13.7. The highest BCUT2D eigenvalue weighted by Crippen LogP contribution is 2.33. The lowest BCUT2D eigenvalue weighted by Gasteiger charge is -2.06. The average Bonchev–Trinajstić information content (AvgIpc) is 3.06. The Balaban J connectivity index is 1.76. The first kappa shape index (κ1) is 11.4. The number of anilines is 1. The molecular formula is C15H11F2N3. The number of imidazole rings is 1. The van der Waals surface area contributed by atoms with Gasteiger partial charge in [-0.05, 0) is 23.8 Å². The highest BCUT2D eigenvalue weighted by molar-refractivity contribution is 5.76. The Morgan fingerprint density at radius 2 is 1.95 bits per heavy atom. The van der Waals surface area contributed by atoms with Crippen LogP contribution in [0.4, 0.5) is 14.5 Å². The minimum absolute atomic E-state index is 0.0396. The standard InChI is InChI=1S/C15H11F2N3/c16-9-5-6-11-14(13(9)17)20-15(19-11)12-7-8-3-1-2-4-10(8)18-12/h1-6,12,18H,7H2,(H,19,20). The molecule has 2 aromatic carbocycles. The van der Waals surface area contributed by atoms with Gasteiger partial charge in [0, 0.05) is 12.1 Å². The number of hydrogen-bond acceptors (Lipinski definition) is 2. The molecule has 2 N–H and O–H groups in total. The fourth-order valence-electron chi connectivity index (χ4n) is 2.66. The third kappa shape index (κ3) is 1.59. The summed E-state index contributed by atoms with van der Waals surface area (Å²) in [5.41, 5.74) is 2.82. The van der Waals surface area contributed by atoms with Crippen LogP contribution in [0.25, 0.3) is 11.0 Å². The molecule has 0 spiro atoms. The Kier molecular flexibility index (Phi) is 2.30. The second kappa shape index (κ2) is 4.03. The smallest absolute Gasteiger partial charge is 0.186 e. The molecule has 1 aliphatic rings. The number of para-hydroxylation sites is 1. The summed E-state index contributed by atoms with van der Waals surface area (Å²) >= 11 is 0. The van der Waals surface area contributed by atoms with E-state index in [4.69, 9.17) is 0 Å². The number of nitrogens with zero attached hydrogens (tertiary/aromatic N) is 1. The second-order valence-electron chi connectivity index (χ2n) is 4.94. The number of nitrogens with one attached hydrogen (secondary N) is 2. The molecule has 1 aromatic heterocycles. The molecule has 2 heterocycles. The van der Waals surface area contributed by atoms with Gasteiger partial charge in [-0.25, -0.2) is 13.8 Å². The Labute approximate surface area is 113 Å². The van der Waals surface area contributed by atoms with Crippen LogP contribution in [0.1, 0.15) is 17.4 Å². The van der Waals surface area contributed by atoms with E-state index in [2.05, 4.69) is 15.3 Å². The van der Waals surface area contributed by atoms with E-state index in [9.17, 15) is 8.78 Å². The molecule has 0 amide bonds. The number of fused-ring (bicyclic) bond motifs is 2. The lowest BCUT2D eigenvalue weighted by molar-refractivity contribution is 0.515. The average molecular weight is 271 g/mol. The van der Waals surface area contributed by atoms with E-state index in [0.717, 1.165) is 18.2 Å². The van der Waals surface area contributed by atoms with E-state index in [-0.39, 0.29) is 11.6 Å². The maximum absolute atomic E-state index is 13.7. The summed E-state index contributed by atoms with van der Waals surface area (Å²) in [6, 6.07) is 10.6. The van der Waals surface area contributed by atoms with Crippen molar-refractivity contribution >= 4 is 16.7 Å². The maximum Gasteiger partial charge on any atom is 0.186 e. The molecule has 0 radical (unpaired) electrons. The molecule has 1 unspecified atom stereocenters. The molecule has 100 valence electrons. The van der Waals surface area contributed by atoms with Gasteiger partial charge in [-0.2, -0.15) is 0 Å². The normalized spacial score (nSPS) is 17.2. The third-order valence-corrected chi connectivity index (χ3v) is 3.67. The van der Waals surface area contributed by atoms with Crippen LogP contribution in [0, 0.1) is 11.6 Å². The first-order chi connectivity index (χ1) is 9.72. The number of benzene rings is 2. The molecule has 0 aliphatic carbocycles. The van der Waals surface area contributed by atoms with Crippen LogP contribution in [0.5, 0.6) is 0 Å². The van der Waals surface area contributed by atoms with E-state index in [0.29, 0.717) is 11.3 Å². The quantitative estimate of drug-likeness (QED) is 0.710. The number of aromatic nitrogens is 2. The molecule has 0 bridgehead atoms. The summed E-state index contributed by atoms with van der Waals surface area (Å²) in [7, 11) is 0. The summed E-state index contributed by atoms with van der Waals surface area (Å²) in [5, 5.41) is 3.34. The highest BCUT2D eigenvalue weighted by Gasteiger charge is 2.25. The van der Waals surface area contributed by atoms with Gasteiger partial charge >= 0.3 is 0 Å². The predicted octanol–water partition coefficient (Wildman–Crippen LogP) is 3.55. The van der Waals surface area contributed by atoms with Gasteiger partial charge in [0.2, 0.25) is 0 Å². The Morgan fingerprint density at radius 1 is 1.10 bits per heavy atom. The summed E-state index contributed by atoms with van der Waals surface area (Å²) in [5.74, 6) is -1.15. The van der Waals surface area contributed by atoms with Crippen LogP contribution in [-0.4, -0.2) is 9.97 Å². The molecule has 1 atom stereocenters. The summed E-state index contributed by atoms with van der Waals surface area (Å²) in [6.45, 7) is 0. The molecule has 0 fully saturated rings. The molecule has 4 rings (SSSR count). The first-order valence-corrected chi connectivity index (χ1v) is 6.40. The molecule has 20 heavy (non-hydrogen) atoms. The highest BCUT2D eigenvalue weighted by atomic mass is 19.2. The van der Waals surface area contributed by atoms with E-state index in [1.807, 2.05) is 24.3 Å². The molecule has 3 nitrogen and oxygen atoms in total. The van der Waals surface area contributed by atoms with Gasteiger partial charge in [0.05, 0.1) is 11.6 Å². The predicted molar refractivity (Wildman–Crippen MR) is 72.5 cm³/mol. The van der Waals surface area contributed by atoms with Gasteiger partial charge < -0.3 is 10.3 Å². The summed E-state index contributed by atoms with van der Waals surface area (Å²) in [6.07, 6.45) is 0.778. The Hall–Kier alpha value is -2.43. The number of rotatable bonds is 1. The van der Waals surface area contributed by atoms with Crippen LogP contribution in [-0.2, 0) is 6.42 Å². The van der Waals surface area contributed by atoms with Crippen molar-refractivity contribution in [3.63, 3.8) is 0 Å². The van der Waals surface area contributed by atoms with Crippen LogP contribution in [0.15, 0.2) is 36.4 Å². The number of aromatic amines is 1. The SMILES string of the molecule is Fc1ccc2[nH]c(C3Cc4ccccc4N3)nc2c1F. The molecular weight excluding hydrogens is 260 g/mol.